The molecule has 1 aromatic heterocycles. The van der Waals surface area contributed by atoms with Crippen molar-refractivity contribution in [1.29, 1.82) is 0 Å². The normalized spacial score (nSPS) is 11.0. The molecular weight excluding hydrogens is 350 g/mol. The van der Waals surface area contributed by atoms with Gasteiger partial charge in [0.1, 0.15) is 10.0 Å². The Hall–Kier alpha value is -0.820. The summed E-state index contributed by atoms with van der Waals surface area (Å²) in [5.41, 5.74) is 2.35. The van der Waals surface area contributed by atoms with E-state index in [0.29, 0.717) is 0 Å². The van der Waals surface area contributed by atoms with Gasteiger partial charge in [-0.25, -0.2) is 0 Å². The molecule has 0 aliphatic heterocycles. The lowest BCUT2D eigenvalue weighted by atomic mass is 10.2. The summed E-state index contributed by atoms with van der Waals surface area (Å²) >= 11 is 5.23. The van der Waals surface area contributed by atoms with Gasteiger partial charge < -0.3 is 10.1 Å². The first-order valence-electron chi connectivity index (χ1n) is 6.99. The van der Waals surface area contributed by atoms with E-state index in [0.717, 1.165) is 52.6 Å². The van der Waals surface area contributed by atoms with Crippen LogP contribution in [0.4, 0.5) is 0 Å². The number of aryl methyl sites for hydroxylation is 2. The molecule has 0 atom stereocenters. The number of hydrogen-bond donors (Lipinski definition) is 1. The summed E-state index contributed by atoms with van der Waals surface area (Å²) in [7, 11) is 1.72. The van der Waals surface area contributed by atoms with Crippen molar-refractivity contribution < 1.29 is 4.74 Å². The van der Waals surface area contributed by atoms with Gasteiger partial charge in [0.05, 0.1) is 6.61 Å². The van der Waals surface area contributed by atoms with Crippen molar-refractivity contribution in [3.8, 4) is 10.6 Å². The lowest BCUT2D eigenvalue weighted by Gasteiger charge is -2.02. The third-order valence-corrected chi connectivity index (χ3v) is 5.00. The van der Waals surface area contributed by atoms with Crippen LogP contribution in [-0.2, 0) is 11.2 Å². The lowest BCUT2D eigenvalue weighted by Crippen LogP contribution is -2.20. The van der Waals surface area contributed by atoms with Gasteiger partial charge in [-0.1, -0.05) is 39.4 Å². The molecule has 0 aliphatic rings. The molecule has 0 saturated carbocycles. The van der Waals surface area contributed by atoms with Crippen LogP contribution < -0.4 is 5.32 Å². The van der Waals surface area contributed by atoms with E-state index in [4.69, 9.17) is 4.74 Å². The lowest BCUT2D eigenvalue weighted by molar-refractivity contribution is 0.199. The summed E-state index contributed by atoms with van der Waals surface area (Å²) < 4.78 is 6.10. The molecule has 114 valence electrons. The van der Waals surface area contributed by atoms with Crippen molar-refractivity contribution in [2.24, 2.45) is 0 Å². The Labute approximate surface area is 138 Å². The predicted molar refractivity (Wildman–Crippen MR) is 90.8 cm³/mol. The van der Waals surface area contributed by atoms with Crippen molar-refractivity contribution in [3.63, 3.8) is 0 Å². The molecule has 2 rings (SSSR count). The largest absolute Gasteiger partial charge is 0.383 e. The van der Waals surface area contributed by atoms with Gasteiger partial charge in [-0.3, -0.25) is 0 Å². The van der Waals surface area contributed by atoms with Crippen molar-refractivity contribution in [1.82, 2.24) is 15.5 Å². The molecule has 2 aromatic rings. The fourth-order valence-electron chi connectivity index (χ4n) is 1.86. The highest BCUT2D eigenvalue weighted by atomic mass is 79.9. The van der Waals surface area contributed by atoms with Crippen LogP contribution in [0.2, 0.25) is 0 Å². The molecule has 0 amide bonds. The van der Waals surface area contributed by atoms with Crippen molar-refractivity contribution >= 4 is 27.3 Å². The fourth-order valence-corrected chi connectivity index (χ4v) is 3.12. The van der Waals surface area contributed by atoms with Crippen LogP contribution in [0.1, 0.15) is 17.0 Å². The minimum atomic E-state index is 0.755. The highest BCUT2D eigenvalue weighted by molar-refractivity contribution is 9.10. The zero-order valence-electron chi connectivity index (χ0n) is 12.4. The molecule has 0 unspecified atom stereocenters. The number of ether oxygens (including phenoxy) is 1. The summed E-state index contributed by atoms with van der Waals surface area (Å²) in [6.07, 6.45) is 2.03. The number of nitrogens with one attached hydrogen (secondary N) is 1. The zero-order chi connectivity index (χ0) is 15.1. The number of benzene rings is 1. The Balaban J connectivity index is 1.85. The minimum Gasteiger partial charge on any atom is -0.383 e. The van der Waals surface area contributed by atoms with E-state index in [2.05, 4.69) is 56.6 Å². The van der Waals surface area contributed by atoms with Gasteiger partial charge in [0.2, 0.25) is 0 Å². The van der Waals surface area contributed by atoms with Crippen LogP contribution >= 0.6 is 27.3 Å². The summed E-state index contributed by atoms with van der Waals surface area (Å²) in [6.45, 7) is 4.71. The smallest absolute Gasteiger partial charge is 0.147 e. The fraction of sp³-hybridized carbons (Fsp3) is 0.467. The van der Waals surface area contributed by atoms with Crippen LogP contribution in [0.3, 0.4) is 0 Å². The Morgan fingerprint density at radius 1 is 1.29 bits per heavy atom. The zero-order valence-corrected chi connectivity index (χ0v) is 14.8. The highest BCUT2D eigenvalue weighted by Gasteiger charge is 2.07. The predicted octanol–water partition coefficient (Wildman–Crippen LogP) is 3.44. The van der Waals surface area contributed by atoms with Crippen molar-refractivity contribution in [2.45, 2.75) is 19.8 Å². The molecule has 0 aliphatic carbocycles. The van der Waals surface area contributed by atoms with E-state index in [9.17, 15) is 0 Å². The Bertz CT molecular complexity index is 574. The molecule has 6 heteroatoms. The standard InChI is InChI=1S/C15H20BrN3OS/c1-11-5-6-12(10-13(11)16)15-19-18-14(21-15)4-3-7-17-8-9-20-2/h5-6,10,17H,3-4,7-9H2,1-2H3. The summed E-state index contributed by atoms with van der Waals surface area (Å²) in [5.74, 6) is 0. The van der Waals surface area contributed by atoms with Crippen molar-refractivity contribution in [3.05, 3.63) is 33.2 Å². The average molecular weight is 370 g/mol. The number of halogens is 1. The van der Waals surface area contributed by atoms with Crippen LogP contribution in [0.5, 0.6) is 0 Å². The SMILES string of the molecule is COCCNCCCc1nnc(-c2ccc(C)c(Br)c2)s1. The monoisotopic (exact) mass is 369 g/mol. The highest BCUT2D eigenvalue weighted by Crippen LogP contribution is 2.28. The Morgan fingerprint density at radius 3 is 2.90 bits per heavy atom. The molecule has 0 spiro atoms. The van der Waals surface area contributed by atoms with Gasteiger partial charge in [-0.15, -0.1) is 10.2 Å². The van der Waals surface area contributed by atoms with Crippen LogP contribution in [0.15, 0.2) is 22.7 Å². The molecule has 0 bridgehead atoms. The molecule has 1 aromatic carbocycles. The Kier molecular flexibility index (Phi) is 6.76. The van der Waals surface area contributed by atoms with Crippen molar-refractivity contribution in [2.75, 3.05) is 26.8 Å². The number of aromatic nitrogens is 2. The van der Waals surface area contributed by atoms with Gasteiger partial charge in [-0.2, -0.15) is 0 Å². The number of rotatable bonds is 8. The average Bonchev–Trinajstić information content (AvgIpc) is 2.94. The summed E-state index contributed by atoms with van der Waals surface area (Å²) in [5, 5.41) is 14.0. The van der Waals surface area contributed by atoms with E-state index >= 15 is 0 Å². The van der Waals surface area contributed by atoms with E-state index in [1.54, 1.807) is 18.4 Å². The third kappa shape index (κ3) is 5.14. The number of nitrogens with zero attached hydrogens (tertiary/aromatic N) is 2. The molecule has 0 fully saturated rings. The second kappa shape index (κ2) is 8.58. The van der Waals surface area contributed by atoms with Gasteiger partial charge in [0.15, 0.2) is 0 Å². The molecule has 1 N–H and O–H groups in total. The van der Waals surface area contributed by atoms with Gasteiger partial charge in [0.25, 0.3) is 0 Å². The van der Waals surface area contributed by atoms with Crippen LogP contribution in [0, 0.1) is 6.92 Å². The topological polar surface area (TPSA) is 47.0 Å². The molecular formula is C15H20BrN3OS. The van der Waals surface area contributed by atoms with E-state index < -0.39 is 0 Å². The quantitative estimate of drug-likeness (QED) is 0.723. The second-order valence-electron chi connectivity index (χ2n) is 4.81. The molecule has 1 heterocycles. The maximum atomic E-state index is 4.99. The third-order valence-electron chi connectivity index (χ3n) is 3.11. The second-order valence-corrected chi connectivity index (χ2v) is 6.73. The molecule has 4 nitrogen and oxygen atoms in total. The van der Waals surface area contributed by atoms with E-state index in [1.807, 2.05) is 0 Å². The van der Waals surface area contributed by atoms with Gasteiger partial charge in [-0.05, 0) is 31.5 Å². The first-order chi connectivity index (χ1) is 10.2. The number of methoxy groups -OCH3 is 1. The molecule has 0 radical (unpaired) electrons. The van der Waals surface area contributed by atoms with Crippen LogP contribution in [0.25, 0.3) is 10.6 Å². The van der Waals surface area contributed by atoms with E-state index in [-0.39, 0.29) is 0 Å². The summed E-state index contributed by atoms with van der Waals surface area (Å²) in [6, 6.07) is 6.29. The summed E-state index contributed by atoms with van der Waals surface area (Å²) in [4.78, 5) is 0. The van der Waals surface area contributed by atoms with E-state index in [1.165, 1.54) is 5.56 Å². The maximum Gasteiger partial charge on any atom is 0.147 e. The first kappa shape index (κ1) is 16.5. The minimum absolute atomic E-state index is 0.755. The molecule has 21 heavy (non-hydrogen) atoms. The van der Waals surface area contributed by atoms with Gasteiger partial charge in [0, 0.05) is 30.1 Å². The number of hydrogen-bond acceptors (Lipinski definition) is 5. The first-order valence-corrected chi connectivity index (χ1v) is 8.60. The Morgan fingerprint density at radius 2 is 2.14 bits per heavy atom. The van der Waals surface area contributed by atoms with Crippen LogP contribution in [-0.4, -0.2) is 37.0 Å². The maximum absolute atomic E-state index is 4.99. The molecule has 0 saturated heterocycles. The van der Waals surface area contributed by atoms with Gasteiger partial charge >= 0.3 is 0 Å².